The van der Waals surface area contributed by atoms with E-state index in [1.54, 1.807) is 12.1 Å². The molecule has 2 heteroatoms. The van der Waals surface area contributed by atoms with E-state index in [9.17, 15) is 4.79 Å². The Kier molecular flexibility index (Phi) is 2.92. The van der Waals surface area contributed by atoms with Crippen molar-refractivity contribution in [1.29, 1.82) is 0 Å². The van der Waals surface area contributed by atoms with E-state index in [0.29, 0.717) is 5.02 Å². The molecule has 0 spiro atoms. The molecule has 1 aliphatic carbocycles. The lowest BCUT2D eigenvalue weighted by Crippen LogP contribution is -2.01. The van der Waals surface area contributed by atoms with Gasteiger partial charge < -0.3 is 0 Å². The van der Waals surface area contributed by atoms with Crippen LogP contribution in [0.1, 0.15) is 35.2 Å². The fourth-order valence-electron chi connectivity index (χ4n) is 1.85. The van der Waals surface area contributed by atoms with Crippen LogP contribution in [0.3, 0.4) is 0 Å². The van der Waals surface area contributed by atoms with Crippen molar-refractivity contribution in [1.82, 2.24) is 0 Å². The molecule has 0 bridgehead atoms. The van der Waals surface area contributed by atoms with E-state index >= 15 is 0 Å². The summed E-state index contributed by atoms with van der Waals surface area (Å²) in [5, 5.41) is 0.715. The summed E-state index contributed by atoms with van der Waals surface area (Å²) in [5.41, 5.74) is 2.67. The second-order valence-corrected chi connectivity index (χ2v) is 4.32. The zero-order valence-corrected chi connectivity index (χ0v) is 9.47. The van der Waals surface area contributed by atoms with Crippen molar-refractivity contribution >= 4 is 17.4 Å². The third kappa shape index (κ3) is 2.13. The van der Waals surface area contributed by atoms with Crippen LogP contribution in [-0.2, 0) is 0 Å². The number of hydrogen-bond donors (Lipinski definition) is 0. The molecule has 0 fully saturated rings. The van der Waals surface area contributed by atoms with Gasteiger partial charge in [-0.1, -0.05) is 17.7 Å². The average molecular weight is 221 g/mol. The predicted octanol–water partition coefficient (Wildman–Crippen LogP) is 3.94. The maximum atomic E-state index is 12.0. The third-order valence-electron chi connectivity index (χ3n) is 2.75. The number of rotatable bonds is 2. The molecule has 1 aliphatic rings. The highest BCUT2D eigenvalue weighted by Gasteiger charge is 2.15. The monoisotopic (exact) mass is 220 g/mol. The molecule has 0 aromatic heterocycles. The van der Waals surface area contributed by atoms with E-state index in [2.05, 4.69) is 0 Å². The first-order chi connectivity index (χ1) is 7.18. The zero-order valence-electron chi connectivity index (χ0n) is 8.72. The second-order valence-electron chi connectivity index (χ2n) is 3.91. The number of carbonyl (C=O) groups is 1. The van der Waals surface area contributed by atoms with Gasteiger partial charge in [-0.3, -0.25) is 4.79 Å². The summed E-state index contributed by atoms with van der Waals surface area (Å²) in [7, 11) is 0. The van der Waals surface area contributed by atoms with Gasteiger partial charge in [0.05, 0.1) is 0 Å². The van der Waals surface area contributed by atoms with Crippen LogP contribution in [0.2, 0.25) is 5.02 Å². The number of ketones is 1. The van der Waals surface area contributed by atoms with Crippen LogP contribution in [0.15, 0.2) is 29.8 Å². The molecule has 78 valence electrons. The number of benzene rings is 1. The van der Waals surface area contributed by atoms with Gasteiger partial charge in [-0.2, -0.15) is 0 Å². The summed E-state index contributed by atoms with van der Waals surface area (Å²) >= 11 is 5.92. The first-order valence-electron chi connectivity index (χ1n) is 5.18. The minimum Gasteiger partial charge on any atom is -0.289 e. The molecule has 0 unspecified atom stereocenters. The largest absolute Gasteiger partial charge is 0.289 e. The van der Waals surface area contributed by atoms with E-state index in [1.165, 1.54) is 0 Å². The normalized spacial score (nSPS) is 15.2. The van der Waals surface area contributed by atoms with Crippen molar-refractivity contribution in [3.8, 4) is 0 Å². The second kappa shape index (κ2) is 4.19. The smallest absolute Gasteiger partial charge is 0.188 e. The standard InChI is InChI=1S/C13H13ClO/c1-9-8-11(6-7-12(9)14)13(15)10-4-2-3-5-10/h4,6-8H,2-3,5H2,1H3. The van der Waals surface area contributed by atoms with Gasteiger partial charge in [0.15, 0.2) is 5.78 Å². The summed E-state index contributed by atoms with van der Waals surface area (Å²) in [6.45, 7) is 1.92. The number of carbonyl (C=O) groups excluding carboxylic acids is 1. The van der Waals surface area contributed by atoms with Gasteiger partial charge in [0.2, 0.25) is 0 Å². The van der Waals surface area contributed by atoms with Crippen LogP contribution >= 0.6 is 11.6 Å². The zero-order chi connectivity index (χ0) is 10.8. The van der Waals surface area contributed by atoms with Gasteiger partial charge in [0, 0.05) is 10.6 Å². The maximum absolute atomic E-state index is 12.0. The van der Waals surface area contributed by atoms with E-state index in [0.717, 1.165) is 36.0 Å². The van der Waals surface area contributed by atoms with Crippen molar-refractivity contribution in [2.75, 3.05) is 0 Å². The first-order valence-corrected chi connectivity index (χ1v) is 5.56. The van der Waals surface area contributed by atoms with Gasteiger partial charge in [-0.25, -0.2) is 0 Å². The molecule has 0 radical (unpaired) electrons. The Balaban J connectivity index is 2.29. The van der Waals surface area contributed by atoms with Gasteiger partial charge in [0.25, 0.3) is 0 Å². The van der Waals surface area contributed by atoms with Crippen LogP contribution in [0.5, 0.6) is 0 Å². The highest BCUT2D eigenvalue weighted by molar-refractivity contribution is 6.31. The van der Waals surface area contributed by atoms with E-state index in [-0.39, 0.29) is 5.78 Å². The SMILES string of the molecule is Cc1cc(C(=O)C2=CCCC2)ccc1Cl. The molecule has 0 heterocycles. The number of aryl methyl sites for hydroxylation is 1. The molecule has 2 rings (SSSR count). The molecule has 0 amide bonds. The fraction of sp³-hybridized carbons (Fsp3) is 0.308. The van der Waals surface area contributed by atoms with Crippen molar-refractivity contribution < 1.29 is 4.79 Å². The molecule has 0 saturated heterocycles. The first kappa shape index (κ1) is 10.4. The van der Waals surface area contributed by atoms with Crippen LogP contribution in [0.25, 0.3) is 0 Å². The summed E-state index contributed by atoms with van der Waals surface area (Å²) in [5.74, 6) is 0.160. The molecule has 0 aliphatic heterocycles. The van der Waals surface area contributed by atoms with Gasteiger partial charge in [-0.15, -0.1) is 0 Å². The predicted molar refractivity (Wildman–Crippen MR) is 62.5 cm³/mol. The fourth-order valence-corrected chi connectivity index (χ4v) is 1.97. The molecule has 0 N–H and O–H groups in total. The lowest BCUT2D eigenvalue weighted by Gasteiger charge is -2.04. The number of hydrogen-bond acceptors (Lipinski definition) is 1. The Labute approximate surface area is 94.8 Å². The Hall–Kier alpha value is -1.08. The summed E-state index contributed by atoms with van der Waals surface area (Å²) in [6, 6.07) is 5.46. The topological polar surface area (TPSA) is 17.1 Å². The number of halogens is 1. The lowest BCUT2D eigenvalue weighted by atomic mass is 10.0. The highest BCUT2D eigenvalue weighted by atomic mass is 35.5. The van der Waals surface area contributed by atoms with Crippen molar-refractivity contribution in [2.24, 2.45) is 0 Å². The highest BCUT2D eigenvalue weighted by Crippen LogP contribution is 2.24. The summed E-state index contributed by atoms with van der Waals surface area (Å²) in [6.07, 6.45) is 5.11. The van der Waals surface area contributed by atoms with Crippen LogP contribution < -0.4 is 0 Å². The summed E-state index contributed by atoms with van der Waals surface area (Å²) in [4.78, 5) is 12.0. The third-order valence-corrected chi connectivity index (χ3v) is 3.18. The van der Waals surface area contributed by atoms with Crippen LogP contribution in [0, 0.1) is 6.92 Å². The van der Waals surface area contributed by atoms with E-state index in [4.69, 9.17) is 11.6 Å². The maximum Gasteiger partial charge on any atom is 0.188 e. The number of Topliss-reactive ketones (excluding diaryl/α,β-unsaturated/α-hetero) is 1. The average Bonchev–Trinajstić information content (AvgIpc) is 2.74. The number of allylic oxidation sites excluding steroid dienone is 2. The molecule has 1 aromatic rings. The Morgan fingerprint density at radius 1 is 1.40 bits per heavy atom. The van der Waals surface area contributed by atoms with Gasteiger partial charge in [-0.05, 0) is 55.5 Å². The molecular weight excluding hydrogens is 208 g/mol. The molecule has 1 nitrogen and oxygen atoms in total. The lowest BCUT2D eigenvalue weighted by molar-refractivity contribution is 0.103. The summed E-state index contributed by atoms with van der Waals surface area (Å²) < 4.78 is 0. The molecular formula is C13H13ClO. The van der Waals surface area contributed by atoms with Gasteiger partial charge >= 0.3 is 0 Å². The minimum atomic E-state index is 0.160. The van der Waals surface area contributed by atoms with Crippen molar-refractivity contribution in [3.63, 3.8) is 0 Å². The van der Waals surface area contributed by atoms with Crippen LogP contribution in [0.4, 0.5) is 0 Å². The van der Waals surface area contributed by atoms with Crippen LogP contribution in [-0.4, -0.2) is 5.78 Å². The molecule has 1 aromatic carbocycles. The minimum absolute atomic E-state index is 0.160. The Morgan fingerprint density at radius 3 is 2.80 bits per heavy atom. The quantitative estimate of drug-likeness (QED) is 0.690. The molecule has 0 atom stereocenters. The Bertz CT molecular complexity index is 432. The molecule has 15 heavy (non-hydrogen) atoms. The van der Waals surface area contributed by atoms with E-state index in [1.807, 2.05) is 19.1 Å². The van der Waals surface area contributed by atoms with Crippen molar-refractivity contribution in [3.05, 3.63) is 46.0 Å². The van der Waals surface area contributed by atoms with Gasteiger partial charge in [0.1, 0.15) is 0 Å². The van der Waals surface area contributed by atoms with E-state index < -0.39 is 0 Å². The Morgan fingerprint density at radius 2 is 2.20 bits per heavy atom. The van der Waals surface area contributed by atoms with Crippen molar-refractivity contribution in [2.45, 2.75) is 26.2 Å². The molecule has 0 saturated carbocycles.